The van der Waals surface area contributed by atoms with Gasteiger partial charge in [-0.25, -0.2) is 19.7 Å². The summed E-state index contributed by atoms with van der Waals surface area (Å²) < 4.78 is 45.7. The number of imidazole rings is 1. The number of ether oxygens (including phenoxy) is 1. The minimum atomic E-state index is -4.62. The molecule has 1 aromatic carbocycles. The van der Waals surface area contributed by atoms with E-state index in [-0.39, 0.29) is 29.2 Å². The van der Waals surface area contributed by atoms with Crippen LogP contribution in [0.2, 0.25) is 0 Å². The lowest BCUT2D eigenvalue weighted by atomic mass is 10.1. The summed E-state index contributed by atoms with van der Waals surface area (Å²) in [4.78, 5) is 38.2. The summed E-state index contributed by atoms with van der Waals surface area (Å²) in [5.41, 5.74) is 4.96. The molecule has 4 rings (SSSR count). The number of anilines is 2. The van der Waals surface area contributed by atoms with E-state index in [1.54, 1.807) is 0 Å². The topological polar surface area (TPSA) is 169 Å². The molecule has 0 radical (unpaired) electrons. The zero-order valence-electron chi connectivity index (χ0n) is 18.0. The van der Waals surface area contributed by atoms with Crippen LogP contribution in [0.4, 0.5) is 29.5 Å². The monoisotopic (exact) mass is 495 g/mol. The molecule has 186 valence electrons. The average Bonchev–Trinajstić information content (AvgIpc) is 3.36. The highest BCUT2D eigenvalue weighted by atomic mass is 19.4. The van der Waals surface area contributed by atoms with E-state index in [0.717, 1.165) is 18.5 Å². The van der Waals surface area contributed by atoms with Crippen molar-refractivity contribution in [2.75, 3.05) is 17.6 Å². The number of nitrogens with two attached hydrogens (primary N) is 1. The second-order valence-corrected chi connectivity index (χ2v) is 7.60. The first-order valence-electron chi connectivity index (χ1n) is 10.3. The number of fused-ring (bicyclic) bond motifs is 1. The van der Waals surface area contributed by atoms with Gasteiger partial charge in [0.25, 0.3) is 5.91 Å². The summed E-state index contributed by atoms with van der Waals surface area (Å²) in [5, 5.41) is 23.3. The van der Waals surface area contributed by atoms with E-state index in [0.29, 0.717) is 11.0 Å². The van der Waals surface area contributed by atoms with Crippen LogP contribution >= 0.6 is 0 Å². The van der Waals surface area contributed by atoms with Crippen LogP contribution in [0.5, 0.6) is 0 Å². The lowest BCUT2D eigenvalue weighted by Crippen LogP contribution is -2.49. The fourth-order valence-electron chi connectivity index (χ4n) is 3.67. The van der Waals surface area contributed by atoms with E-state index in [2.05, 4.69) is 20.3 Å². The molecular formula is C20H20F3N7O5. The van der Waals surface area contributed by atoms with Gasteiger partial charge in [-0.3, -0.25) is 14.3 Å². The number of nitrogens with zero attached hydrogens (tertiary/aromatic N) is 5. The molecule has 4 atom stereocenters. The number of nitrogens with one attached hydrogen (secondary N) is 1. The minimum Gasteiger partial charge on any atom is -0.387 e. The lowest BCUT2D eigenvalue weighted by Gasteiger charge is -2.24. The normalized spacial score (nSPS) is 22.3. The first kappa shape index (κ1) is 24.3. The molecule has 35 heavy (non-hydrogen) atoms. The third kappa shape index (κ3) is 4.48. The zero-order chi connectivity index (χ0) is 25.5. The summed E-state index contributed by atoms with van der Waals surface area (Å²) in [6.07, 6.45) is -8.54. The Kier molecular flexibility index (Phi) is 6.31. The number of alkyl halides is 3. The van der Waals surface area contributed by atoms with Gasteiger partial charge < -0.3 is 26.0 Å². The number of aromatic nitrogens is 4. The third-order valence-electron chi connectivity index (χ3n) is 5.41. The molecule has 1 aliphatic heterocycles. The molecule has 0 saturated carbocycles. The second kappa shape index (κ2) is 9.09. The van der Waals surface area contributed by atoms with Crippen molar-refractivity contribution >= 4 is 34.6 Å². The predicted octanol–water partition coefficient (Wildman–Crippen LogP) is 1.13. The molecule has 3 amide bonds. The molecule has 0 bridgehead atoms. The molecule has 1 saturated heterocycles. The van der Waals surface area contributed by atoms with Crippen molar-refractivity contribution in [1.29, 1.82) is 0 Å². The quantitative estimate of drug-likeness (QED) is 0.414. The number of benzene rings is 1. The molecule has 0 spiro atoms. The summed E-state index contributed by atoms with van der Waals surface area (Å²) in [6.45, 7) is 1.25. The summed E-state index contributed by atoms with van der Waals surface area (Å²) in [6, 6.07) is 2.84. The number of hydrogen-bond donors (Lipinski definition) is 4. The van der Waals surface area contributed by atoms with E-state index in [9.17, 15) is 33.0 Å². The van der Waals surface area contributed by atoms with Gasteiger partial charge in [0.1, 0.15) is 24.1 Å². The van der Waals surface area contributed by atoms with Gasteiger partial charge in [0.2, 0.25) is 0 Å². The molecule has 3 heterocycles. The first-order chi connectivity index (χ1) is 16.5. The Morgan fingerprint density at radius 3 is 2.66 bits per heavy atom. The summed E-state index contributed by atoms with van der Waals surface area (Å²) in [7, 11) is 0. The van der Waals surface area contributed by atoms with Crippen LogP contribution < -0.4 is 11.1 Å². The van der Waals surface area contributed by atoms with Gasteiger partial charge in [0.05, 0.1) is 11.9 Å². The predicted molar refractivity (Wildman–Crippen MR) is 114 cm³/mol. The minimum absolute atomic E-state index is 0.0674. The van der Waals surface area contributed by atoms with E-state index in [1.807, 2.05) is 0 Å². The molecule has 1 fully saturated rings. The number of amides is 3. The van der Waals surface area contributed by atoms with E-state index in [4.69, 9.17) is 10.5 Å². The number of urea groups is 1. The van der Waals surface area contributed by atoms with Crippen LogP contribution in [-0.4, -0.2) is 71.4 Å². The molecule has 12 nitrogen and oxygen atoms in total. The van der Waals surface area contributed by atoms with Gasteiger partial charge >= 0.3 is 12.2 Å². The molecule has 0 aliphatic carbocycles. The van der Waals surface area contributed by atoms with Crippen LogP contribution in [0.1, 0.15) is 18.7 Å². The summed E-state index contributed by atoms with van der Waals surface area (Å²) >= 11 is 0. The maximum atomic E-state index is 13.0. The number of carbonyl (C=O) groups is 2. The molecule has 5 N–H and O–H groups in total. The Morgan fingerprint density at radius 1 is 1.23 bits per heavy atom. The fourth-order valence-corrected chi connectivity index (χ4v) is 3.67. The highest BCUT2D eigenvalue weighted by Gasteiger charge is 2.49. The molecule has 0 unspecified atom stereocenters. The molecule has 2 aromatic heterocycles. The number of likely N-dealkylation sites (N-methyl/N-ethyl adjacent to an activating group) is 1. The Hall–Kier alpha value is -3.82. The Bertz CT molecular complexity index is 1270. The van der Waals surface area contributed by atoms with E-state index < -0.39 is 48.2 Å². The fraction of sp³-hybridized carbons (Fsp3) is 0.350. The number of aliphatic hydroxyl groups excluding tert-OH is 2. The van der Waals surface area contributed by atoms with Gasteiger partial charge in [0.15, 0.2) is 23.8 Å². The van der Waals surface area contributed by atoms with Crippen molar-refractivity contribution < 1.29 is 37.7 Å². The SMILES string of the molecule is CCN(C(=O)Nc1cccc(C(F)(F)F)c1)C(=O)[C@H]1O[C@@H](n2cnc3c(N)ncnc32)[C@H](O)[C@@H]1O. The average molecular weight is 495 g/mol. The van der Waals surface area contributed by atoms with Crippen molar-refractivity contribution in [3.63, 3.8) is 0 Å². The maximum Gasteiger partial charge on any atom is 0.416 e. The lowest BCUT2D eigenvalue weighted by molar-refractivity contribution is -0.145. The van der Waals surface area contributed by atoms with Crippen LogP contribution in [0, 0.1) is 0 Å². The zero-order valence-corrected chi connectivity index (χ0v) is 18.0. The Balaban J connectivity index is 1.53. The smallest absolute Gasteiger partial charge is 0.387 e. The van der Waals surface area contributed by atoms with Crippen LogP contribution in [-0.2, 0) is 15.7 Å². The van der Waals surface area contributed by atoms with E-state index >= 15 is 0 Å². The van der Waals surface area contributed by atoms with Gasteiger partial charge in [-0.05, 0) is 25.1 Å². The van der Waals surface area contributed by atoms with Crippen LogP contribution in [0.15, 0.2) is 36.9 Å². The molecule has 1 aliphatic rings. The standard InChI is InChI=1S/C20H20F3N7O5/c1-2-29(19(34)28-10-5-3-4-9(6-10)20(21,22)23)17(33)14-12(31)13(32)18(35-14)30-8-27-11-15(24)25-7-26-16(11)30/h3-8,12-14,18,31-32H,2H2,1H3,(H,28,34)(H2,24,25,26)/t12-,13+,14-,18+/m0/s1. The van der Waals surface area contributed by atoms with Gasteiger partial charge in [-0.15, -0.1) is 0 Å². The van der Waals surface area contributed by atoms with Crippen LogP contribution in [0.3, 0.4) is 0 Å². The van der Waals surface area contributed by atoms with Gasteiger partial charge in [-0.1, -0.05) is 6.07 Å². The van der Waals surface area contributed by atoms with Crippen molar-refractivity contribution in [2.45, 2.75) is 37.6 Å². The maximum absolute atomic E-state index is 13.0. The van der Waals surface area contributed by atoms with Gasteiger partial charge in [0, 0.05) is 12.2 Å². The van der Waals surface area contributed by atoms with Crippen molar-refractivity contribution in [1.82, 2.24) is 24.4 Å². The number of carbonyl (C=O) groups excluding carboxylic acids is 2. The van der Waals surface area contributed by atoms with Crippen LogP contribution in [0.25, 0.3) is 11.2 Å². The number of halogens is 3. The number of imide groups is 1. The Labute approximate surface area is 195 Å². The highest BCUT2D eigenvalue weighted by molar-refractivity contribution is 6.03. The molecular weight excluding hydrogens is 475 g/mol. The summed E-state index contributed by atoms with van der Waals surface area (Å²) in [5.74, 6) is -0.942. The largest absolute Gasteiger partial charge is 0.416 e. The second-order valence-electron chi connectivity index (χ2n) is 7.60. The molecule has 3 aromatic rings. The van der Waals surface area contributed by atoms with E-state index in [1.165, 1.54) is 23.9 Å². The molecule has 15 heteroatoms. The van der Waals surface area contributed by atoms with Crippen molar-refractivity contribution in [3.05, 3.63) is 42.5 Å². The number of aliphatic hydroxyl groups is 2. The third-order valence-corrected chi connectivity index (χ3v) is 5.41. The number of nitrogen functional groups attached to an aromatic ring is 1. The number of hydrogen-bond acceptors (Lipinski definition) is 9. The first-order valence-corrected chi connectivity index (χ1v) is 10.3. The number of rotatable bonds is 4. The van der Waals surface area contributed by atoms with Crippen molar-refractivity contribution in [2.24, 2.45) is 0 Å². The Morgan fingerprint density at radius 2 is 1.97 bits per heavy atom. The van der Waals surface area contributed by atoms with Gasteiger partial charge in [-0.2, -0.15) is 13.2 Å². The van der Waals surface area contributed by atoms with Crippen molar-refractivity contribution in [3.8, 4) is 0 Å². The highest BCUT2D eigenvalue weighted by Crippen LogP contribution is 2.33.